The molecular formula is C26H32N4O5. The molecule has 3 aromatic heterocycles. The van der Waals surface area contributed by atoms with Crippen molar-refractivity contribution >= 4 is 22.6 Å². The van der Waals surface area contributed by atoms with E-state index in [4.69, 9.17) is 23.9 Å². The number of hydrogen-bond donors (Lipinski definition) is 1. The summed E-state index contributed by atoms with van der Waals surface area (Å²) in [6, 6.07) is 3.91. The third-order valence-electron chi connectivity index (χ3n) is 6.87. The van der Waals surface area contributed by atoms with Crippen LogP contribution in [0.2, 0.25) is 0 Å². The van der Waals surface area contributed by atoms with Gasteiger partial charge in [0.05, 0.1) is 49.0 Å². The van der Waals surface area contributed by atoms with Crippen molar-refractivity contribution in [2.45, 2.75) is 44.8 Å². The van der Waals surface area contributed by atoms with Crippen LogP contribution in [0.3, 0.4) is 0 Å². The maximum absolute atomic E-state index is 11.6. The average molecular weight is 481 g/mol. The fourth-order valence-electron chi connectivity index (χ4n) is 4.88. The topological polar surface area (TPSA) is 96.7 Å². The number of hydrogen-bond acceptors (Lipinski definition) is 7. The van der Waals surface area contributed by atoms with Crippen LogP contribution in [-0.2, 0) is 38.1 Å². The number of aromatic nitrogens is 3. The number of methoxy groups -OCH3 is 1. The van der Waals surface area contributed by atoms with Gasteiger partial charge in [-0.1, -0.05) is 0 Å². The maximum atomic E-state index is 11.6. The lowest BCUT2D eigenvalue weighted by Crippen LogP contribution is -2.37. The first kappa shape index (κ1) is 23.7. The van der Waals surface area contributed by atoms with Gasteiger partial charge in [0.25, 0.3) is 0 Å². The second-order valence-corrected chi connectivity index (χ2v) is 9.33. The summed E-state index contributed by atoms with van der Waals surface area (Å²) >= 11 is 0. The Kier molecular flexibility index (Phi) is 6.48. The highest BCUT2D eigenvalue weighted by Gasteiger charge is 2.44. The standard InChI is InChI=1S/C26H32N4O5/c1-16(32-4)5-8-34-23-12-21(29-25-18(23)6-9-35-26(25)7-10-33-15-26)20-14-30(3)22-13-27-24(11-19(20)22)28-17(2)31/h11-14,16H,5-10,15H2,1-4H3,(H,27,28,31). The van der Waals surface area contributed by atoms with Crippen molar-refractivity contribution in [3.05, 3.63) is 35.8 Å². The predicted octanol–water partition coefficient (Wildman–Crippen LogP) is 3.59. The van der Waals surface area contributed by atoms with Crippen LogP contribution < -0.4 is 10.1 Å². The van der Waals surface area contributed by atoms with Crippen molar-refractivity contribution in [1.82, 2.24) is 14.5 Å². The van der Waals surface area contributed by atoms with Crippen LogP contribution in [0.4, 0.5) is 5.82 Å². The molecule has 5 heterocycles. The molecule has 2 unspecified atom stereocenters. The number of carbonyl (C=O) groups is 1. The fourth-order valence-corrected chi connectivity index (χ4v) is 4.88. The van der Waals surface area contributed by atoms with Gasteiger partial charge in [0, 0.05) is 75.7 Å². The van der Waals surface area contributed by atoms with E-state index < -0.39 is 5.60 Å². The number of nitrogens with zero attached hydrogens (tertiary/aromatic N) is 3. The Hall–Kier alpha value is -3.01. The van der Waals surface area contributed by atoms with Gasteiger partial charge in [0.15, 0.2) is 0 Å². The lowest BCUT2D eigenvalue weighted by molar-refractivity contribution is -0.114. The van der Waals surface area contributed by atoms with E-state index >= 15 is 0 Å². The van der Waals surface area contributed by atoms with Crippen LogP contribution in [0.1, 0.15) is 37.9 Å². The molecule has 2 atom stereocenters. The minimum Gasteiger partial charge on any atom is -0.493 e. The van der Waals surface area contributed by atoms with Gasteiger partial charge in [0.2, 0.25) is 5.91 Å². The van der Waals surface area contributed by atoms with E-state index in [-0.39, 0.29) is 12.0 Å². The predicted molar refractivity (Wildman–Crippen MR) is 132 cm³/mol. The number of carbonyl (C=O) groups excluding carboxylic acids is 1. The lowest BCUT2D eigenvalue weighted by atomic mass is 9.89. The van der Waals surface area contributed by atoms with Gasteiger partial charge in [-0.15, -0.1) is 0 Å². The number of amides is 1. The van der Waals surface area contributed by atoms with Gasteiger partial charge in [0.1, 0.15) is 17.2 Å². The van der Waals surface area contributed by atoms with Crippen LogP contribution in [-0.4, -0.2) is 60.1 Å². The summed E-state index contributed by atoms with van der Waals surface area (Å²) in [6.07, 6.45) is 6.21. The highest BCUT2D eigenvalue weighted by atomic mass is 16.6. The molecule has 2 aliphatic heterocycles. The molecule has 2 aliphatic rings. The first-order valence-corrected chi connectivity index (χ1v) is 12.0. The highest BCUT2D eigenvalue weighted by molar-refractivity contribution is 5.98. The average Bonchev–Trinajstić information content (AvgIpc) is 3.44. The zero-order chi connectivity index (χ0) is 24.6. The summed E-state index contributed by atoms with van der Waals surface area (Å²) in [4.78, 5) is 21.1. The monoisotopic (exact) mass is 480 g/mol. The van der Waals surface area contributed by atoms with Gasteiger partial charge in [-0.05, 0) is 13.0 Å². The molecule has 9 nitrogen and oxygen atoms in total. The number of rotatable bonds is 7. The molecule has 0 radical (unpaired) electrons. The number of fused-ring (bicyclic) bond motifs is 3. The van der Waals surface area contributed by atoms with Crippen LogP contribution in [0.15, 0.2) is 24.5 Å². The van der Waals surface area contributed by atoms with Crippen molar-refractivity contribution in [2.24, 2.45) is 7.05 Å². The van der Waals surface area contributed by atoms with Gasteiger partial charge in [-0.3, -0.25) is 4.79 Å². The van der Waals surface area contributed by atoms with E-state index in [1.165, 1.54) is 6.92 Å². The smallest absolute Gasteiger partial charge is 0.222 e. The molecule has 1 saturated heterocycles. The SMILES string of the molecule is COC(C)CCOc1cc(-c2cn(C)c3cnc(NC(C)=O)cc23)nc2c1CCOC21CCOC1. The molecule has 0 saturated carbocycles. The summed E-state index contributed by atoms with van der Waals surface area (Å²) in [7, 11) is 3.69. The Morgan fingerprint density at radius 3 is 2.94 bits per heavy atom. The molecule has 0 bridgehead atoms. The second kappa shape index (κ2) is 9.56. The minimum absolute atomic E-state index is 0.114. The first-order chi connectivity index (χ1) is 16.9. The maximum Gasteiger partial charge on any atom is 0.222 e. The molecule has 186 valence electrons. The fraction of sp³-hybridized carbons (Fsp3) is 0.500. The normalized spacial score (nSPS) is 20.2. The van der Waals surface area contributed by atoms with Crippen molar-refractivity contribution in [1.29, 1.82) is 0 Å². The lowest BCUT2D eigenvalue weighted by Gasteiger charge is -2.34. The highest BCUT2D eigenvalue weighted by Crippen LogP contribution is 2.44. The van der Waals surface area contributed by atoms with Gasteiger partial charge < -0.3 is 28.8 Å². The van der Waals surface area contributed by atoms with Gasteiger partial charge in [-0.25, -0.2) is 9.97 Å². The van der Waals surface area contributed by atoms with Crippen molar-refractivity contribution in [3.63, 3.8) is 0 Å². The number of pyridine rings is 2. The molecule has 9 heteroatoms. The molecule has 35 heavy (non-hydrogen) atoms. The number of aryl methyl sites for hydroxylation is 1. The summed E-state index contributed by atoms with van der Waals surface area (Å²) < 4.78 is 25.8. The molecule has 1 N–H and O–H groups in total. The Bertz CT molecular complexity index is 1250. The molecular weight excluding hydrogens is 448 g/mol. The quantitative estimate of drug-likeness (QED) is 0.552. The van der Waals surface area contributed by atoms with Crippen molar-refractivity contribution in [2.75, 3.05) is 38.9 Å². The van der Waals surface area contributed by atoms with E-state index in [1.807, 2.05) is 36.9 Å². The van der Waals surface area contributed by atoms with Crippen LogP contribution in [0, 0.1) is 0 Å². The van der Waals surface area contributed by atoms with E-state index in [2.05, 4.69) is 10.3 Å². The number of nitrogens with one attached hydrogen (secondary N) is 1. The second-order valence-electron chi connectivity index (χ2n) is 9.33. The van der Waals surface area contributed by atoms with Crippen LogP contribution in [0.25, 0.3) is 22.2 Å². The zero-order valence-electron chi connectivity index (χ0n) is 20.7. The van der Waals surface area contributed by atoms with E-state index in [0.29, 0.717) is 32.2 Å². The minimum atomic E-state index is -0.547. The molecule has 1 fully saturated rings. The molecule has 3 aromatic rings. The summed E-state index contributed by atoms with van der Waals surface area (Å²) in [5.41, 5.74) is 4.13. The van der Waals surface area contributed by atoms with Crippen molar-refractivity contribution in [3.8, 4) is 17.0 Å². The van der Waals surface area contributed by atoms with Gasteiger partial charge in [-0.2, -0.15) is 0 Å². The van der Waals surface area contributed by atoms with Crippen molar-refractivity contribution < 1.29 is 23.7 Å². The van der Waals surface area contributed by atoms with E-state index in [9.17, 15) is 4.79 Å². The Labute approximate surface area is 204 Å². The Morgan fingerprint density at radius 1 is 1.34 bits per heavy atom. The zero-order valence-corrected chi connectivity index (χ0v) is 20.7. The van der Waals surface area contributed by atoms with Gasteiger partial charge >= 0.3 is 0 Å². The summed E-state index contributed by atoms with van der Waals surface area (Å²) in [5, 5.41) is 3.73. The largest absolute Gasteiger partial charge is 0.493 e. The Morgan fingerprint density at radius 2 is 2.20 bits per heavy atom. The van der Waals surface area contributed by atoms with E-state index in [0.717, 1.165) is 58.4 Å². The molecule has 0 aromatic carbocycles. The number of ether oxygens (including phenoxy) is 4. The van der Waals surface area contributed by atoms with Crippen LogP contribution in [0.5, 0.6) is 5.75 Å². The molecule has 5 rings (SSSR count). The summed E-state index contributed by atoms with van der Waals surface area (Å²) in [6.45, 7) is 5.80. The third-order valence-corrected chi connectivity index (χ3v) is 6.87. The third kappa shape index (κ3) is 4.51. The molecule has 0 aliphatic carbocycles. The number of anilines is 1. The molecule has 1 amide bonds. The Balaban J connectivity index is 1.63. The molecule has 1 spiro atoms. The summed E-state index contributed by atoms with van der Waals surface area (Å²) in [5.74, 6) is 1.17. The first-order valence-electron chi connectivity index (χ1n) is 12.0. The van der Waals surface area contributed by atoms with Crippen LogP contribution >= 0.6 is 0 Å². The van der Waals surface area contributed by atoms with E-state index in [1.54, 1.807) is 13.3 Å².